The zero-order valence-electron chi connectivity index (χ0n) is 16.7. The summed E-state index contributed by atoms with van der Waals surface area (Å²) in [6, 6.07) is 17.1. The van der Waals surface area contributed by atoms with Gasteiger partial charge in [0, 0.05) is 6.07 Å². The molecule has 0 aliphatic rings. The standard InChI is InChI=1S/C21H22N2O5S2/c1-15-4-9-18(10-5-15)29(24,25)22-20-13-8-17(28-3)14-21(20)23-30(26,27)19-11-6-16(2)7-12-19/h4-14,22-23H,1-3H3. The molecule has 0 radical (unpaired) electrons. The summed E-state index contributed by atoms with van der Waals surface area (Å²) in [4.78, 5) is 0.125. The maximum atomic E-state index is 12.8. The number of sulfonamides is 2. The van der Waals surface area contributed by atoms with Crippen LogP contribution in [0.1, 0.15) is 11.1 Å². The Hall–Kier alpha value is -3.04. The molecule has 3 aromatic carbocycles. The van der Waals surface area contributed by atoms with Crippen molar-refractivity contribution in [2.75, 3.05) is 16.6 Å². The van der Waals surface area contributed by atoms with E-state index in [1.807, 2.05) is 13.8 Å². The van der Waals surface area contributed by atoms with E-state index in [-0.39, 0.29) is 21.2 Å². The van der Waals surface area contributed by atoms with Gasteiger partial charge in [-0.1, -0.05) is 35.4 Å². The van der Waals surface area contributed by atoms with E-state index in [1.165, 1.54) is 49.6 Å². The molecule has 2 N–H and O–H groups in total. The SMILES string of the molecule is COc1ccc(NS(=O)(=O)c2ccc(C)cc2)c(NS(=O)(=O)c2ccc(C)cc2)c1. The second-order valence-electron chi connectivity index (χ2n) is 6.75. The molecule has 0 saturated carbocycles. The number of methoxy groups -OCH3 is 1. The van der Waals surface area contributed by atoms with Gasteiger partial charge in [-0.2, -0.15) is 0 Å². The predicted molar refractivity (Wildman–Crippen MR) is 117 cm³/mol. The minimum Gasteiger partial charge on any atom is -0.497 e. The van der Waals surface area contributed by atoms with Crippen molar-refractivity contribution in [2.24, 2.45) is 0 Å². The Morgan fingerprint density at radius 3 is 1.50 bits per heavy atom. The summed E-state index contributed by atoms with van der Waals surface area (Å²) in [6.07, 6.45) is 0. The van der Waals surface area contributed by atoms with Gasteiger partial charge in [0.1, 0.15) is 5.75 Å². The van der Waals surface area contributed by atoms with Crippen molar-refractivity contribution in [3.63, 3.8) is 0 Å². The van der Waals surface area contributed by atoms with Crippen LogP contribution in [0.3, 0.4) is 0 Å². The van der Waals surface area contributed by atoms with Crippen LogP contribution in [0.25, 0.3) is 0 Å². The van der Waals surface area contributed by atoms with Crippen LogP contribution in [0.4, 0.5) is 11.4 Å². The van der Waals surface area contributed by atoms with E-state index >= 15 is 0 Å². The first-order chi connectivity index (χ1) is 14.1. The Labute approximate surface area is 176 Å². The fourth-order valence-electron chi connectivity index (χ4n) is 2.67. The Balaban J connectivity index is 1.98. The molecule has 0 heterocycles. The summed E-state index contributed by atoms with van der Waals surface area (Å²) in [6.45, 7) is 3.70. The molecule has 3 aromatic rings. The van der Waals surface area contributed by atoms with Crippen molar-refractivity contribution >= 4 is 31.4 Å². The number of nitrogens with one attached hydrogen (secondary N) is 2. The molecule has 0 unspecified atom stereocenters. The molecular weight excluding hydrogens is 424 g/mol. The van der Waals surface area contributed by atoms with E-state index < -0.39 is 20.0 Å². The van der Waals surface area contributed by atoms with Crippen molar-refractivity contribution in [1.29, 1.82) is 0 Å². The predicted octanol–water partition coefficient (Wildman–Crippen LogP) is 3.91. The highest BCUT2D eigenvalue weighted by molar-refractivity contribution is 7.93. The van der Waals surface area contributed by atoms with Gasteiger partial charge in [-0.3, -0.25) is 9.44 Å². The van der Waals surface area contributed by atoms with Crippen LogP contribution in [-0.2, 0) is 20.0 Å². The molecule has 7 nitrogen and oxygen atoms in total. The number of hydrogen-bond acceptors (Lipinski definition) is 5. The van der Waals surface area contributed by atoms with E-state index in [9.17, 15) is 16.8 Å². The van der Waals surface area contributed by atoms with Crippen LogP contribution in [0, 0.1) is 13.8 Å². The van der Waals surface area contributed by atoms with Crippen molar-refractivity contribution in [2.45, 2.75) is 23.6 Å². The topological polar surface area (TPSA) is 102 Å². The van der Waals surface area contributed by atoms with E-state index in [1.54, 1.807) is 24.3 Å². The van der Waals surface area contributed by atoms with Crippen molar-refractivity contribution in [3.8, 4) is 5.75 Å². The van der Waals surface area contributed by atoms with E-state index in [0.29, 0.717) is 5.75 Å². The number of aryl methyl sites for hydroxylation is 2. The van der Waals surface area contributed by atoms with Gasteiger partial charge in [0.15, 0.2) is 0 Å². The van der Waals surface area contributed by atoms with Gasteiger partial charge in [0.25, 0.3) is 20.0 Å². The third-order valence-electron chi connectivity index (χ3n) is 4.38. The molecule has 0 bridgehead atoms. The van der Waals surface area contributed by atoms with Gasteiger partial charge in [-0.15, -0.1) is 0 Å². The molecule has 158 valence electrons. The van der Waals surface area contributed by atoms with E-state index in [0.717, 1.165) is 11.1 Å². The molecule has 0 aliphatic heterocycles. The minimum absolute atomic E-state index is 0.0469. The highest BCUT2D eigenvalue weighted by atomic mass is 32.2. The fourth-order valence-corrected chi connectivity index (χ4v) is 4.82. The molecule has 30 heavy (non-hydrogen) atoms. The lowest BCUT2D eigenvalue weighted by Crippen LogP contribution is -2.17. The van der Waals surface area contributed by atoms with E-state index in [2.05, 4.69) is 9.44 Å². The normalized spacial score (nSPS) is 11.7. The molecule has 0 atom stereocenters. The number of hydrogen-bond donors (Lipinski definition) is 2. The van der Waals surface area contributed by atoms with Gasteiger partial charge in [0.2, 0.25) is 0 Å². The summed E-state index contributed by atoms with van der Waals surface area (Å²) in [5, 5.41) is 0. The Kier molecular flexibility index (Phi) is 6.04. The molecular formula is C21H22N2O5S2. The van der Waals surface area contributed by atoms with Crippen LogP contribution in [0.15, 0.2) is 76.5 Å². The summed E-state index contributed by atoms with van der Waals surface area (Å²) >= 11 is 0. The molecule has 0 saturated heterocycles. The maximum Gasteiger partial charge on any atom is 0.261 e. The third kappa shape index (κ3) is 4.92. The van der Waals surface area contributed by atoms with Crippen molar-refractivity contribution < 1.29 is 21.6 Å². The molecule has 0 fully saturated rings. The maximum absolute atomic E-state index is 12.8. The molecule has 3 rings (SSSR count). The van der Waals surface area contributed by atoms with Crippen LogP contribution >= 0.6 is 0 Å². The zero-order chi connectivity index (χ0) is 21.9. The first kappa shape index (κ1) is 21.7. The quantitative estimate of drug-likeness (QED) is 0.573. The number of ether oxygens (including phenoxy) is 1. The monoisotopic (exact) mass is 446 g/mol. The second kappa shape index (κ2) is 8.37. The number of rotatable bonds is 7. The van der Waals surface area contributed by atoms with Gasteiger partial charge >= 0.3 is 0 Å². The molecule has 0 aromatic heterocycles. The summed E-state index contributed by atoms with van der Waals surface area (Å²) in [5.74, 6) is 0.370. The lowest BCUT2D eigenvalue weighted by molar-refractivity contribution is 0.415. The van der Waals surface area contributed by atoms with E-state index in [4.69, 9.17) is 4.74 Å². The van der Waals surface area contributed by atoms with Gasteiger partial charge in [-0.05, 0) is 50.2 Å². The van der Waals surface area contributed by atoms with Gasteiger partial charge < -0.3 is 4.74 Å². The van der Waals surface area contributed by atoms with Crippen LogP contribution in [0.2, 0.25) is 0 Å². The molecule has 0 amide bonds. The van der Waals surface area contributed by atoms with Crippen molar-refractivity contribution in [3.05, 3.63) is 77.9 Å². The molecule has 9 heteroatoms. The second-order valence-corrected chi connectivity index (χ2v) is 10.1. The van der Waals surface area contributed by atoms with Crippen molar-refractivity contribution in [1.82, 2.24) is 0 Å². The average Bonchev–Trinajstić information content (AvgIpc) is 2.69. The minimum atomic E-state index is -3.94. The third-order valence-corrected chi connectivity index (χ3v) is 7.14. The first-order valence-electron chi connectivity index (χ1n) is 8.98. The highest BCUT2D eigenvalue weighted by Gasteiger charge is 2.20. The average molecular weight is 447 g/mol. The number of anilines is 2. The highest BCUT2D eigenvalue weighted by Crippen LogP contribution is 2.31. The van der Waals surface area contributed by atoms with Crippen LogP contribution < -0.4 is 14.2 Å². The number of benzene rings is 3. The Bertz CT molecular complexity index is 1250. The summed E-state index contributed by atoms with van der Waals surface area (Å²) in [5.41, 5.74) is 1.96. The molecule has 0 spiro atoms. The van der Waals surface area contributed by atoms with Gasteiger partial charge in [-0.25, -0.2) is 16.8 Å². The zero-order valence-corrected chi connectivity index (χ0v) is 18.3. The largest absolute Gasteiger partial charge is 0.497 e. The lowest BCUT2D eigenvalue weighted by atomic mass is 10.2. The fraction of sp³-hybridized carbons (Fsp3) is 0.143. The smallest absolute Gasteiger partial charge is 0.261 e. The first-order valence-corrected chi connectivity index (χ1v) is 11.9. The van der Waals surface area contributed by atoms with Crippen LogP contribution in [-0.4, -0.2) is 23.9 Å². The Morgan fingerprint density at radius 1 is 0.633 bits per heavy atom. The van der Waals surface area contributed by atoms with Crippen LogP contribution in [0.5, 0.6) is 5.75 Å². The molecule has 0 aliphatic carbocycles. The summed E-state index contributed by atoms with van der Waals surface area (Å²) < 4.78 is 61.2. The summed E-state index contributed by atoms with van der Waals surface area (Å²) in [7, 11) is -6.43. The lowest BCUT2D eigenvalue weighted by Gasteiger charge is -2.16. The van der Waals surface area contributed by atoms with Gasteiger partial charge in [0.05, 0.1) is 28.3 Å². The Morgan fingerprint density at radius 2 is 1.07 bits per heavy atom.